The Labute approximate surface area is 63.9 Å². The zero-order valence-electron chi connectivity index (χ0n) is 7.17. The van der Waals surface area contributed by atoms with Crippen molar-refractivity contribution in [3.05, 3.63) is 12.3 Å². The summed E-state index contributed by atoms with van der Waals surface area (Å²) in [5, 5.41) is 0. The molecule has 0 saturated heterocycles. The Balaban J connectivity index is 3.44. The summed E-state index contributed by atoms with van der Waals surface area (Å²) in [6.07, 6.45) is 8.15. The first kappa shape index (κ1) is 9.41. The predicted molar refractivity (Wildman–Crippen MR) is 47.4 cm³/mol. The van der Waals surface area contributed by atoms with Crippen molar-refractivity contribution in [2.75, 3.05) is 0 Å². The lowest BCUT2D eigenvalue weighted by atomic mass is 10.1. The highest BCUT2D eigenvalue weighted by Crippen LogP contribution is 1.95. The smallest absolute Gasteiger partial charge is 0.0223 e. The van der Waals surface area contributed by atoms with Crippen molar-refractivity contribution in [1.29, 1.82) is 0 Å². The molecule has 1 nitrogen and oxygen atoms in total. The van der Waals surface area contributed by atoms with Crippen molar-refractivity contribution in [3.63, 3.8) is 0 Å². The second kappa shape index (κ2) is 6.53. The van der Waals surface area contributed by atoms with Gasteiger partial charge in [0.1, 0.15) is 0 Å². The van der Waals surface area contributed by atoms with E-state index in [1.165, 1.54) is 6.42 Å². The van der Waals surface area contributed by atoms with E-state index in [2.05, 4.69) is 31.8 Å². The van der Waals surface area contributed by atoms with Gasteiger partial charge in [0.2, 0.25) is 0 Å². The lowest BCUT2D eigenvalue weighted by Crippen LogP contribution is -1.90. The number of allylic oxidation sites excluding steroid dienone is 1. The molecule has 58 valence electrons. The van der Waals surface area contributed by atoms with Gasteiger partial charge in [0, 0.05) is 12.4 Å². The van der Waals surface area contributed by atoms with E-state index in [0.717, 1.165) is 6.42 Å². The molecule has 0 radical (unpaired) electrons. The Morgan fingerprint density at radius 3 is 2.60 bits per heavy atom. The lowest BCUT2D eigenvalue weighted by molar-refractivity contribution is 0.754. The topological polar surface area (TPSA) is 12.4 Å². The highest BCUT2D eigenvalue weighted by molar-refractivity contribution is 5.60. The maximum Gasteiger partial charge on any atom is 0.0223 e. The number of hydrogen-bond acceptors (Lipinski definition) is 1. The summed E-state index contributed by atoms with van der Waals surface area (Å²) in [4.78, 5) is 4.13. The third-order valence-electron chi connectivity index (χ3n) is 1.41. The Morgan fingerprint density at radius 2 is 2.10 bits per heavy atom. The molecule has 0 heterocycles. The summed E-state index contributed by atoms with van der Waals surface area (Å²) in [6.45, 7) is 6.44. The average molecular weight is 139 g/mol. The first-order valence-electron chi connectivity index (χ1n) is 3.99. The first-order valence-corrected chi connectivity index (χ1v) is 3.99. The number of aliphatic imine (C=N–C) groups is 1. The van der Waals surface area contributed by atoms with Crippen molar-refractivity contribution in [2.45, 2.75) is 33.6 Å². The molecule has 0 saturated carbocycles. The van der Waals surface area contributed by atoms with Crippen LogP contribution in [-0.4, -0.2) is 6.21 Å². The average Bonchev–Trinajstić information content (AvgIpc) is 1.98. The van der Waals surface area contributed by atoms with E-state index in [9.17, 15) is 0 Å². The summed E-state index contributed by atoms with van der Waals surface area (Å²) in [6, 6.07) is 0. The van der Waals surface area contributed by atoms with Crippen LogP contribution in [-0.2, 0) is 0 Å². The fourth-order valence-electron chi connectivity index (χ4n) is 0.468. The maximum atomic E-state index is 4.13. The number of hydrogen-bond donors (Lipinski definition) is 0. The van der Waals surface area contributed by atoms with Crippen LogP contribution in [0.5, 0.6) is 0 Å². The largest absolute Gasteiger partial charge is 0.269 e. The molecule has 0 amide bonds. The van der Waals surface area contributed by atoms with Crippen molar-refractivity contribution in [2.24, 2.45) is 10.9 Å². The maximum absolute atomic E-state index is 4.13. The third kappa shape index (κ3) is 5.54. The minimum Gasteiger partial charge on any atom is -0.269 e. The minimum atomic E-state index is 0.613. The molecule has 1 unspecified atom stereocenters. The zero-order valence-corrected chi connectivity index (χ0v) is 7.17. The van der Waals surface area contributed by atoms with Gasteiger partial charge in [-0.25, -0.2) is 0 Å². The van der Waals surface area contributed by atoms with Crippen molar-refractivity contribution >= 4 is 6.21 Å². The van der Waals surface area contributed by atoms with E-state index in [1.54, 1.807) is 0 Å². The van der Waals surface area contributed by atoms with Gasteiger partial charge in [-0.15, -0.1) is 0 Å². The zero-order chi connectivity index (χ0) is 7.82. The summed E-state index contributed by atoms with van der Waals surface area (Å²) < 4.78 is 0. The van der Waals surface area contributed by atoms with E-state index < -0.39 is 0 Å². The Kier molecular flexibility index (Phi) is 6.14. The molecule has 0 N–H and O–H groups in total. The second-order valence-electron chi connectivity index (χ2n) is 2.48. The van der Waals surface area contributed by atoms with E-state index in [0.29, 0.717) is 5.92 Å². The molecule has 1 atom stereocenters. The van der Waals surface area contributed by atoms with Gasteiger partial charge in [0.25, 0.3) is 0 Å². The van der Waals surface area contributed by atoms with E-state index in [-0.39, 0.29) is 0 Å². The number of nitrogens with zero attached hydrogens (tertiary/aromatic N) is 1. The van der Waals surface area contributed by atoms with Crippen LogP contribution in [0.2, 0.25) is 0 Å². The van der Waals surface area contributed by atoms with Gasteiger partial charge in [0.15, 0.2) is 0 Å². The molecule has 0 rings (SSSR count). The molecule has 0 aliphatic heterocycles. The number of rotatable bonds is 4. The molecule has 0 aromatic rings. The van der Waals surface area contributed by atoms with Crippen LogP contribution in [0.1, 0.15) is 33.6 Å². The highest BCUT2D eigenvalue weighted by Gasteiger charge is 1.88. The molecule has 0 spiro atoms. The predicted octanol–water partition coefficient (Wildman–Crippen LogP) is 3.03. The van der Waals surface area contributed by atoms with Gasteiger partial charge < -0.3 is 0 Å². The van der Waals surface area contributed by atoms with Crippen LogP contribution in [0, 0.1) is 5.92 Å². The van der Waals surface area contributed by atoms with Crippen LogP contribution in [0.3, 0.4) is 0 Å². The molecule has 0 aromatic heterocycles. The van der Waals surface area contributed by atoms with E-state index >= 15 is 0 Å². The van der Waals surface area contributed by atoms with Crippen LogP contribution >= 0.6 is 0 Å². The second-order valence-corrected chi connectivity index (χ2v) is 2.48. The fraction of sp³-hybridized carbons (Fsp3) is 0.667. The van der Waals surface area contributed by atoms with Crippen molar-refractivity contribution < 1.29 is 0 Å². The fourth-order valence-corrected chi connectivity index (χ4v) is 0.468. The Morgan fingerprint density at radius 1 is 1.40 bits per heavy atom. The van der Waals surface area contributed by atoms with Gasteiger partial charge in [0.05, 0.1) is 0 Å². The van der Waals surface area contributed by atoms with E-state index in [4.69, 9.17) is 0 Å². The molecular formula is C9H17N. The van der Waals surface area contributed by atoms with Gasteiger partial charge in [-0.05, 0) is 18.8 Å². The first-order chi connectivity index (χ1) is 4.81. The molecule has 10 heavy (non-hydrogen) atoms. The standard InChI is InChI=1S/C9H17N/c1-4-6-7-10-8-9(3)5-2/h6-9H,4-5H2,1-3H3/b7-6-,10-8?. The third-order valence-corrected chi connectivity index (χ3v) is 1.41. The molecule has 0 bridgehead atoms. The summed E-state index contributed by atoms with van der Waals surface area (Å²) >= 11 is 0. The molecule has 0 aliphatic rings. The Hall–Kier alpha value is -0.590. The Bertz CT molecular complexity index is 114. The van der Waals surface area contributed by atoms with Gasteiger partial charge in [-0.3, -0.25) is 4.99 Å². The quantitative estimate of drug-likeness (QED) is 0.531. The van der Waals surface area contributed by atoms with Gasteiger partial charge in [-0.1, -0.05) is 26.8 Å². The molecule has 0 fully saturated rings. The van der Waals surface area contributed by atoms with Crippen molar-refractivity contribution in [3.8, 4) is 0 Å². The van der Waals surface area contributed by atoms with E-state index in [1.807, 2.05) is 12.4 Å². The molecule has 0 aromatic carbocycles. The van der Waals surface area contributed by atoms with Crippen LogP contribution in [0.4, 0.5) is 0 Å². The van der Waals surface area contributed by atoms with Crippen molar-refractivity contribution in [1.82, 2.24) is 0 Å². The van der Waals surface area contributed by atoms with Crippen LogP contribution in [0.25, 0.3) is 0 Å². The summed E-state index contributed by atoms with van der Waals surface area (Å²) in [5.41, 5.74) is 0. The van der Waals surface area contributed by atoms with Crippen LogP contribution in [0.15, 0.2) is 17.3 Å². The van der Waals surface area contributed by atoms with Gasteiger partial charge >= 0.3 is 0 Å². The highest BCUT2D eigenvalue weighted by atomic mass is 14.7. The molecule has 0 aliphatic carbocycles. The lowest BCUT2D eigenvalue weighted by Gasteiger charge is -1.95. The monoisotopic (exact) mass is 139 g/mol. The summed E-state index contributed by atoms with van der Waals surface area (Å²) in [7, 11) is 0. The minimum absolute atomic E-state index is 0.613. The SMILES string of the molecule is CC/C=C\N=CC(C)CC. The molecular weight excluding hydrogens is 122 g/mol. The van der Waals surface area contributed by atoms with Crippen LogP contribution < -0.4 is 0 Å². The summed E-state index contributed by atoms with van der Waals surface area (Å²) in [5.74, 6) is 0.613. The molecule has 1 heteroatoms. The van der Waals surface area contributed by atoms with Gasteiger partial charge in [-0.2, -0.15) is 0 Å². The normalized spacial score (nSPS) is 15.1.